The van der Waals surface area contributed by atoms with Gasteiger partial charge in [0.1, 0.15) is 5.82 Å². The fraction of sp³-hybridized carbons (Fsp3) is 0.300. The predicted molar refractivity (Wildman–Crippen MR) is 61.1 cm³/mol. The van der Waals surface area contributed by atoms with Gasteiger partial charge in [0, 0.05) is 17.3 Å². The van der Waals surface area contributed by atoms with Crippen LogP contribution in [0.3, 0.4) is 0 Å². The number of carbonyl (C=O) groups is 1. The first-order chi connectivity index (χ1) is 7.83. The van der Waals surface area contributed by atoms with Crippen LogP contribution in [0.25, 0.3) is 0 Å². The van der Waals surface area contributed by atoms with E-state index < -0.39 is 28.0 Å². The highest BCUT2D eigenvalue weighted by Gasteiger charge is 2.31. The van der Waals surface area contributed by atoms with Crippen LogP contribution in [0.4, 0.5) is 17.6 Å². The molecule has 0 aliphatic rings. The highest BCUT2D eigenvalue weighted by Crippen LogP contribution is 2.38. The van der Waals surface area contributed by atoms with Crippen molar-refractivity contribution in [2.45, 2.75) is 16.8 Å². The average molecular weight is 331 g/mol. The third kappa shape index (κ3) is 4.67. The lowest BCUT2D eigenvalue weighted by Gasteiger charge is -2.08. The molecule has 0 amide bonds. The normalized spacial score (nSPS) is 11.6. The van der Waals surface area contributed by atoms with Crippen LogP contribution in [0.2, 0.25) is 0 Å². The SMILES string of the molecule is O=C(CCBr)c1ccc(F)c(SC(F)(F)F)c1. The summed E-state index contributed by atoms with van der Waals surface area (Å²) in [6.07, 6.45) is 0.155. The van der Waals surface area contributed by atoms with Crippen LogP contribution in [0, 0.1) is 5.82 Å². The van der Waals surface area contributed by atoms with Gasteiger partial charge in [0.15, 0.2) is 5.78 Å². The van der Waals surface area contributed by atoms with E-state index in [1.54, 1.807) is 0 Å². The van der Waals surface area contributed by atoms with Crippen molar-refractivity contribution >= 4 is 33.5 Å². The molecule has 0 bridgehead atoms. The molecule has 0 heterocycles. The Labute approximate surface area is 108 Å². The molecule has 0 aliphatic carbocycles. The Balaban J connectivity index is 2.98. The van der Waals surface area contributed by atoms with E-state index in [1.807, 2.05) is 0 Å². The Morgan fingerprint density at radius 3 is 2.53 bits per heavy atom. The topological polar surface area (TPSA) is 17.1 Å². The Morgan fingerprint density at radius 2 is 2.00 bits per heavy atom. The summed E-state index contributed by atoms with van der Waals surface area (Å²) in [6, 6.07) is 2.98. The second kappa shape index (κ2) is 5.86. The van der Waals surface area contributed by atoms with Crippen LogP contribution in [-0.2, 0) is 0 Å². The Morgan fingerprint density at radius 1 is 1.35 bits per heavy atom. The van der Waals surface area contributed by atoms with Crippen LogP contribution in [0.1, 0.15) is 16.8 Å². The minimum absolute atomic E-state index is 0.0811. The van der Waals surface area contributed by atoms with E-state index in [0.29, 0.717) is 5.33 Å². The van der Waals surface area contributed by atoms with Crippen molar-refractivity contribution in [3.05, 3.63) is 29.6 Å². The maximum Gasteiger partial charge on any atom is 0.446 e. The number of hydrogen-bond donors (Lipinski definition) is 0. The minimum atomic E-state index is -4.57. The molecule has 0 fully saturated rings. The number of rotatable bonds is 4. The van der Waals surface area contributed by atoms with E-state index >= 15 is 0 Å². The van der Waals surface area contributed by atoms with Crippen LogP contribution >= 0.6 is 27.7 Å². The molecule has 0 radical (unpaired) electrons. The van der Waals surface area contributed by atoms with Gasteiger partial charge in [-0.15, -0.1) is 0 Å². The average Bonchev–Trinajstić information content (AvgIpc) is 2.19. The van der Waals surface area contributed by atoms with E-state index in [-0.39, 0.29) is 17.8 Å². The first kappa shape index (κ1) is 14.5. The highest BCUT2D eigenvalue weighted by molar-refractivity contribution is 9.09. The molecule has 0 N–H and O–H groups in total. The number of hydrogen-bond acceptors (Lipinski definition) is 2. The van der Waals surface area contributed by atoms with Gasteiger partial charge in [-0.1, -0.05) is 15.9 Å². The molecule has 0 atom stereocenters. The van der Waals surface area contributed by atoms with Crippen molar-refractivity contribution < 1.29 is 22.4 Å². The molecule has 1 aromatic rings. The summed E-state index contributed by atoms with van der Waals surface area (Å²) >= 11 is 2.49. The number of benzene rings is 1. The Bertz CT molecular complexity index is 419. The second-order valence-electron chi connectivity index (χ2n) is 3.06. The molecule has 94 valence electrons. The van der Waals surface area contributed by atoms with Gasteiger partial charge >= 0.3 is 5.51 Å². The maximum absolute atomic E-state index is 13.1. The van der Waals surface area contributed by atoms with Gasteiger partial charge in [0.2, 0.25) is 0 Å². The van der Waals surface area contributed by atoms with E-state index in [1.165, 1.54) is 6.07 Å². The van der Waals surface area contributed by atoms with Crippen LogP contribution in [-0.4, -0.2) is 16.6 Å². The zero-order valence-corrected chi connectivity index (χ0v) is 10.8. The minimum Gasteiger partial charge on any atom is -0.294 e. The molecule has 0 aliphatic heterocycles. The van der Waals surface area contributed by atoms with Crippen LogP contribution in [0.15, 0.2) is 23.1 Å². The summed E-state index contributed by atoms with van der Waals surface area (Å²) in [5.74, 6) is -1.31. The van der Waals surface area contributed by atoms with E-state index in [4.69, 9.17) is 0 Å². The number of halogens is 5. The summed E-state index contributed by atoms with van der Waals surface area (Å²) in [7, 11) is 0. The summed E-state index contributed by atoms with van der Waals surface area (Å²) in [4.78, 5) is 10.8. The summed E-state index contributed by atoms with van der Waals surface area (Å²) in [5, 5.41) is 0.408. The molecule has 1 aromatic carbocycles. The van der Waals surface area contributed by atoms with Crippen molar-refractivity contribution in [3.8, 4) is 0 Å². The monoisotopic (exact) mass is 330 g/mol. The van der Waals surface area contributed by atoms with Gasteiger partial charge in [0.25, 0.3) is 0 Å². The zero-order valence-electron chi connectivity index (χ0n) is 8.35. The van der Waals surface area contributed by atoms with Crippen molar-refractivity contribution in [2.75, 3.05) is 5.33 Å². The highest BCUT2D eigenvalue weighted by atomic mass is 79.9. The zero-order chi connectivity index (χ0) is 13.1. The van der Waals surface area contributed by atoms with Crippen LogP contribution < -0.4 is 0 Å². The number of carbonyl (C=O) groups excluding carboxylic acids is 1. The molecular formula is C10H7BrF4OS. The smallest absolute Gasteiger partial charge is 0.294 e. The maximum atomic E-state index is 13.1. The lowest BCUT2D eigenvalue weighted by molar-refractivity contribution is -0.0329. The second-order valence-corrected chi connectivity index (χ2v) is 4.96. The first-order valence-corrected chi connectivity index (χ1v) is 6.42. The third-order valence-corrected chi connectivity index (χ3v) is 2.96. The fourth-order valence-corrected chi connectivity index (χ4v) is 2.07. The standard InChI is InChI=1S/C10H7BrF4OS/c11-4-3-8(16)6-1-2-7(12)9(5-6)17-10(13,14)15/h1-2,5H,3-4H2. The Kier molecular flexibility index (Phi) is 5.00. The fourth-order valence-electron chi connectivity index (χ4n) is 1.11. The number of ketones is 1. The number of alkyl halides is 4. The van der Waals surface area contributed by atoms with Gasteiger partial charge in [0.05, 0.1) is 4.90 Å². The molecule has 1 rings (SSSR count). The molecule has 0 spiro atoms. The predicted octanol–water partition coefficient (Wildman–Crippen LogP) is 4.41. The van der Waals surface area contributed by atoms with E-state index in [0.717, 1.165) is 12.1 Å². The van der Waals surface area contributed by atoms with Gasteiger partial charge in [-0.05, 0) is 30.0 Å². The molecular weight excluding hydrogens is 324 g/mol. The van der Waals surface area contributed by atoms with Gasteiger partial charge < -0.3 is 0 Å². The lowest BCUT2D eigenvalue weighted by Crippen LogP contribution is -2.03. The molecule has 0 aromatic heterocycles. The van der Waals surface area contributed by atoms with Crippen molar-refractivity contribution in [1.82, 2.24) is 0 Å². The third-order valence-electron chi connectivity index (χ3n) is 1.80. The molecule has 17 heavy (non-hydrogen) atoms. The number of thioether (sulfide) groups is 1. The van der Waals surface area contributed by atoms with Gasteiger partial charge in [-0.2, -0.15) is 13.2 Å². The van der Waals surface area contributed by atoms with Crippen LogP contribution in [0.5, 0.6) is 0 Å². The molecule has 7 heteroatoms. The first-order valence-electron chi connectivity index (χ1n) is 4.48. The summed E-state index contributed by atoms with van der Waals surface area (Å²) in [5.41, 5.74) is -4.49. The molecule has 0 unspecified atom stereocenters. The molecule has 0 saturated carbocycles. The molecule has 0 saturated heterocycles. The van der Waals surface area contributed by atoms with Gasteiger partial charge in [-0.25, -0.2) is 4.39 Å². The van der Waals surface area contributed by atoms with E-state index in [9.17, 15) is 22.4 Å². The quantitative estimate of drug-likeness (QED) is 0.352. The Hall–Kier alpha value is -0.560. The van der Waals surface area contributed by atoms with E-state index in [2.05, 4.69) is 15.9 Å². The number of Topliss-reactive ketones (excluding diaryl/α,β-unsaturated/α-hetero) is 1. The van der Waals surface area contributed by atoms with Gasteiger partial charge in [-0.3, -0.25) is 4.79 Å². The lowest BCUT2D eigenvalue weighted by atomic mass is 10.1. The largest absolute Gasteiger partial charge is 0.446 e. The van der Waals surface area contributed by atoms with Crippen molar-refractivity contribution in [2.24, 2.45) is 0 Å². The van der Waals surface area contributed by atoms with Crippen molar-refractivity contribution in [1.29, 1.82) is 0 Å². The van der Waals surface area contributed by atoms with Crippen molar-refractivity contribution in [3.63, 3.8) is 0 Å². The summed E-state index contributed by atoms with van der Waals surface area (Å²) in [6.45, 7) is 0. The summed E-state index contributed by atoms with van der Waals surface area (Å²) < 4.78 is 49.4. The molecule has 1 nitrogen and oxygen atoms in total.